The van der Waals surface area contributed by atoms with Crippen LogP contribution in [-0.2, 0) is 5.75 Å². The lowest BCUT2D eigenvalue weighted by atomic mass is 10.1. The van der Waals surface area contributed by atoms with Gasteiger partial charge in [-0.05, 0) is 43.2 Å². The van der Waals surface area contributed by atoms with Crippen LogP contribution in [-0.4, -0.2) is 11.5 Å². The maximum absolute atomic E-state index is 5.44. The summed E-state index contributed by atoms with van der Waals surface area (Å²) in [5.41, 5.74) is 10.0. The van der Waals surface area contributed by atoms with Crippen LogP contribution in [0.15, 0.2) is 41.4 Å². The molecule has 2 nitrogen and oxygen atoms in total. The third-order valence-electron chi connectivity index (χ3n) is 2.79. The van der Waals surface area contributed by atoms with Crippen LogP contribution in [0, 0.1) is 25.7 Å². The van der Waals surface area contributed by atoms with E-state index in [0.29, 0.717) is 6.54 Å². The van der Waals surface area contributed by atoms with Crippen molar-refractivity contribution in [3.05, 3.63) is 58.8 Å². The van der Waals surface area contributed by atoms with Gasteiger partial charge >= 0.3 is 0 Å². The Labute approximate surface area is 124 Å². The van der Waals surface area contributed by atoms with Gasteiger partial charge in [0.05, 0.1) is 11.6 Å². The number of hydrogen-bond acceptors (Lipinski definition) is 3. The van der Waals surface area contributed by atoms with Crippen molar-refractivity contribution in [3.63, 3.8) is 0 Å². The second kappa shape index (κ2) is 7.14. The van der Waals surface area contributed by atoms with Crippen molar-refractivity contribution in [2.24, 2.45) is 5.73 Å². The van der Waals surface area contributed by atoms with Gasteiger partial charge < -0.3 is 5.73 Å². The highest BCUT2D eigenvalue weighted by Crippen LogP contribution is 2.23. The minimum absolute atomic E-state index is 0.389. The predicted octanol–water partition coefficient (Wildman–Crippen LogP) is 3.30. The first-order chi connectivity index (χ1) is 9.69. The van der Waals surface area contributed by atoms with Gasteiger partial charge in [0.25, 0.3) is 0 Å². The van der Waals surface area contributed by atoms with E-state index in [1.165, 1.54) is 11.1 Å². The Kier molecular flexibility index (Phi) is 5.23. The van der Waals surface area contributed by atoms with E-state index in [9.17, 15) is 0 Å². The van der Waals surface area contributed by atoms with Crippen LogP contribution in [0.4, 0.5) is 0 Å². The normalized spacial score (nSPS) is 9.95. The topological polar surface area (TPSA) is 38.9 Å². The second-order valence-electron chi connectivity index (χ2n) is 4.58. The lowest BCUT2D eigenvalue weighted by molar-refractivity contribution is 1.05. The monoisotopic (exact) mass is 282 g/mol. The van der Waals surface area contributed by atoms with E-state index >= 15 is 0 Å². The van der Waals surface area contributed by atoms with Crippen molar-refractivity contribution < 1.29 is 0 Å². The zero-order valence-electron chi connectivity index (χ0n) is 11.8. The highest BCUT2D eigenvalue weighted by molar-refractivity contribution is 7.98. The van der Waals surface area contributed by atoms with E-state index in [1.54, 1.807) is 11.8 Å². The summed E-state index contributed by atoms with van der Waals surface area (Å²) in [6, 6.07) is 12.4. The van der Waals surface area contributed by atoms with Crippen molar-refractivity contribution >= 4 is 11.8 Å². The number of aryl methyl sites for hydroxylation is 2. The summed E-state index contributed by atoms with van der Waals surface area (Å²) >= 11 is 1.74. The van der Waals surface area contributed by atoms with E-state index in [1.807, 2.05) is 25.1 Å². The molecule has 0 radical (unpaired) electrons. The molecule has 0 saturated carbocycles. The summed E-state index contributed by atoms with van der Waals surface area (Å²) in [5.74, 6) is 6.90. The molecule has 0 saturated heterocycles. The van der Waals surface area contributed by atoms with Crippen LogP contribution in [0.3, 0.4) is 0 Å². The van der Waals surface area contributed by atoms with Gasteiger partial charge in [-0.1, -0.05) is 30.0 Å². The maximum Gasteiger partial charge on any atom is 0.0968 e. The van der Waals surface area contributed by atoms with Crippen molar-refractivity contribution in [2.45, 2.75) is 24.6 Å². The number of aromatic nitrogens is 1. The van der Waals surface area contributed by atoms with Crippen LogP contribution in [0.25, 0.3) is 0 Å². The molecule has 0 aliphatic heterocycles. The molecule has 1 aromatic carbocycles. The van der Waals surface area contributed by atoms with Crippen molar-refractivity contribution in [3.8, 4) is 11.8 Å². The van der Waals surface area contributed by atoms with Gasteiger partial charge in [-0.3, -0.25) is 0 Å². The molecule has 2 aromatic rings. The molecule has 0 unspecified atom stereocenters. The fourth-order valence-electron chi connectivity index (χ4n) is 1.94. The molecule has 102 valence electrons. The average molecular weight is 282 g/mol. The largest absolute Gasteiger partial charge is 0.320 e. The molecule has 0 spiro atoms. The van der Waals surface area contributed by atoms with E-state index < -0.39 is 0 Å². The number of rotatable bonds is 3. The Balaban J connectivity index is 2.14. The van der Waals surface area contributed by atoms with Gasteiger partial charge in [-0.25, -0.2) is 4.98 Å². The molecule has 2 N–H and O–H groups in total. The van der Waals surface area contributed by atoms with Crippen LogP contribution in [0.5, 0.6) is 0 Å². The Morgan fingerprint density at radius 2 is 2.00 bits per heavy atom. The molecule has 3 heteroatoms. The van der Waals surface area contributed by atoms with Gasteiger partial charge in [0.2, 0.25) is 0 Å². The van der Waals surface area contributed by atoms with Crippen LogP contribution < -0.4 is 5.73 Å². The van der Waals surface area contributed by atoms with Gasteiger partial charge in [0.1, 0.15) is 0 Å². The molecule has 0 fully saturated rings. The zero-order chi connectivity index (χ0) is 14.4. The SMILES string of the molecule is Cc1cc(C)nc(SCc2ccccc2C#CCN)c1. The molecule has 0 bridgehead atoms. The zero-order valence-corrected chi connectivity index (χ0v) is 12.6. The summed E-state index contributed by atoms with van der Waals surface area (Å²) in [4.78, 5) is 4.55. The maximum atomic E-state index is 5.44. The molecule has 0 amide bonds. The summed E-state index contributed by atoms with van der Waals surface area (Å²) in [6.45, 7) is 4.51. The third-order valence-corrected chi connectivity index (χ3v) is 3.75. The lowest BCUT2D eigenvalue weighted by Crippen LogP contribution is -1.94. The van der Waals surface area contributed by atoms with Crippen molar-refractivity contribution in [1.82, 2.24) is 4.98 Å². The first-order valence-corrected chi connectivity index (χ1v) is 7.52. The summed E-state index contributed by atoms with van der Waals surface area (Å²) in [5, 5.41) is 1.06. The number of thioether (sulfide) groups is 1. The summed E-state index contributed by atoms with van der Waals surface area (Å²) in [6.07, 6.45) is 0. The van der Waals surface area contributed by atoms with E-state index in [0.717, 1.165) is 22.0 Å². The summed E-state index contributed by atoms with van der Waals surface area (Å²) in [7, 11) is 0. The number of benzene rings is 1. The molecule has 0 aliphatic carbocycles. The molecule has 1 aromatic heterocycles. The minimum Gasteiger partial charge on any atom is -0.320 e. The van der Waals surface area contributed by atoms with Gasteiger partial charge in [-0.15, -0.1) is 11.8 Å². The Hall–Kier alpha value is -1.76. The highest BCUT2D eigenvalue weighted by Gasteiger charge is 2.03. The van der Waals surface area contributed by atoms with Gasteiger partial charge in [0.15, 0.2) is 0 Å². The van der Waals surface area contributed by atoms with Crippen LogP contribution >= 0.6 is 11.8 Å². The number of pyridine rings is 1. The van der Waals surface area contributed by atoms with Gasteiger partial charge in [0, 0.05) is 17.0 Å². The Morgan fingerprint density at radius 1 is 1.20 bits per heavy atom. The number of hydrogen-bond donors (Lipinski definition) is 1. The Morgan fingerprint density at radius 3 is 2.75 bits per heavy atom. The highest BCUT2D eigenvalue weighted by atomic mass is 32.2. The molecule has 0 aliphatic rings. The molecular weight excluding hydrogens is 264 g/mol. The standard InChI is InChI=1S/C17H18N2S/c1-13-10-14(2)19-17(11-13)20-12-16-7-4-3-6-15(16)8-5-9-18/h3-4,6-7,10-11H,9,12,18H2,1-2H3. The van der Waals surface area contributed by atoms with E-state index in [4.69, 9.17) is 5.73 Å². The fraction of sp³-hybridized carbons (Fsp3) is 0.235. The fourth-order valence-corrected chi connectivity index (χ4v) is 2.98. The smallest absolute Gasteiger partial charge is 0.0968 e. The predicted molar refractivity (Wildman–Crippen MR) is 85.6 cm³/mol. The number of nitrogens with two attached hydrogens (primary N) is 1. The van der Waals surface area contributed by atoms with E-state index in [2.05, 4.69) is 41.9 Å². The van der Waals surface area contributed by atoms with Crippen LogP contribution in [0.1, 0.15) is 22.4 Å². The molecule has 20 heavy (non-hydrogen) atoms. The minimum atomic E-state index is 0.389. The first-order valence-electron chi connectivity index (χ1n) is 6.54. The molecule has 2 rings (SSSR count). The third kappa shape index (κ3) is 4.12. The summed E-state index contributed by atoms with van der Waals surface area (Å²) < 4.78 is 0. The Bertz CT molecular complexity index is 633. The van der Waals surface area contributed by atoms with E-state index in [-0.39, 0.29) is 0 Å². The quantitative estimate of drug-likeness (QED) is 0.693. The van der Waals surface area contributed by atoms with Gasteiger partial charge in [-0.2, -0.15) is 0 Å². The van der Waals surface area contributed by atoms with Crippen LogP contribution in [0.2, 0.25) is 0 Å². The second-order valence-corrected chi connectivity index (χ2v) is 5.57. The average Bonchev–Trinajstić information content (AvgIpc) is 2.43. The molecule has 1 heterocycles. The lowest BCUT2D eigenvalue weighted by Gasteiger charge is -2.06. The molecule has 0 atom stereocenters. The molecular formula is C17H18N2S. The first kappa shape index (κ1) is 14.6. The van der Waals surface area contributed by atoms with Crippen molar-refractivity contribution in [2.75, 3.05) is 6.54 Å². The van der Waals surface area contributed by atoms with Crippen molar-refractivity contribution in [1.29, 1.82) is 0 Å². The number of nitrogens with zero attached hydrogens (tertiary/aromatic N) is 1.